The van der Waals surface area contributed by atoms with Crippen LogP contribution in [-0.2, 0) is 13.0 Å². The lowest BCUT2D eigenvalue weighted by molar-refractivity contribution is 0.548. The van der Waals surface area contributed by atoms with Gasteiger partial charge in [-0.3, -0.25) is 0 Å². The molecule has 0 amide bonds. The third kappa shape index (κ3) is 3.56. The van der Waals surface area contributed by atoms with Gasteiger partial charge in [0.1, 0.15) is 0 Å². The zero-order valence-corrected chi connectivity index (χ0v) is 11.1. The molecule has 4 nitrogen and oxygen atoms in total. The summed E-state index contributed by atoms with van der Waals surface area (Å²) in [5.74, 6) is 0.319. The fourth-order valence-electron chi connectivity index (χ4n) is 1.72. The Morgan fingerprint density at radius 3 is 2.59 bits per heavy atom. The number of aromatic nitrogens is 3. The molecule has 1 aromatic carbocycles. The minimum absolute atomic E-state index is 0.319. The van der Waals surface area contributed by atoms with E-state index in [0.717, 1.165) is 25.8 Å². The molecule has 0 aliphatic heterocycles. The van der Waals surface area contributed by atoms with E-state index in [1.54, 1.807) is 4.68 Å². The van der Waals surface area contributed by atoms with Crippen LogP contribution in [0.3, 0.4) is 0 Å². The standard InChI is InChI=1S/C12H15BrN4/c13-11-15-12(14)16-17(11)9-5-4-8-10-6-2-1-3-7-10/h1-3,6-7H,4-5,8-9H2,(H2,14,16). The van der Waals surface area contributed by atoms with E-state index < -0.39 is 0 Å². The van der Waals surface area contributed by atoms with Crippen molar-refractivity contribution in [2.75, 3.05) is 5.73 Å². The predicted molar refractivity (Wildman–Crippen MR) is 71.5 cm³/mol. The molecule has 2 rings (SSSR count). The second-order valence-electron chi connectivity index (χ2n) is 3.90. The van der Waals surface area contributed by atoms with Gasteiger partial charge in [-0.15, -0.1) is 5.10 Å². The number of nitrogen functional groups attached to an aromatic ring is 1. The van der Waals surface area contributed by atoms with Crippen molar-refractivity contribution < 1.29 is 0 Å². The van der Waals surface area contributed by atoms with E-state index in [1.165, 1.54) is 5.56 Å². The van der Waals surface area contributed by atoms with Gasteiger partial charge in [-0.2, -0.15) is 4.98 Å². The van der Waals surface area contributed by atoms with Crippen LogP contribution in [-0.4, -0.2) is 14.8 Å². The van der Waals surface area contributed by atoms with E-state index in [0.29, 0.717) is 10.7 Å². The average Bonchev–Trinajstić information content (AvgIpc) is 2.65. The normalized spacial score (nSPS) is 10.6. The number of nitrogens with zero attached hydrogens (tertiary/aromatic N) is 3. The SMILES string of the molecule is Nc1nc(Br)n(CCCCc2ccccc2)n1. The summed E-state index contributed by atoms with van der Waals surface area (Å²) in [4.78, 5) is 3.99. The first-order chi connectivity index (χ1) is 8.25. The molecule has 0 spiro atoms. The van der Waals surface area contributed by atoms with E-state index in [2.05, 4.69) is 50.3 Å². The second-order valence-corrected chi connectivity index (χ2v) is 4.61. The van der Waals surface area contributed by atoms with Gasteiger partial charge in [-0.25, -0.2) is 4.68 Å². The Bertz CT molecular complexity index is 467. The van der Waals surface area contributed by atoms with Gasteiger partial charge in [0.25, 0.3) is 0 Å². The third-order valence-electron chi connectivity index (χ3n) is 2.57. The number of unbranched alkanes of at least 4 members (excludes halogenated alkanes) is 1. The number of aryl methyl sites for hydroxylation is 2. The molecule has 0 aliphatic rings. The van der Waals surface area contributed by atoms with Gasteiger partial charge in [0.2, 0.25) is 5.95 Å². The lowest BCUT2D eigenvalue weighted by atomic mass is 10.1. The Balaban J connectivity index is 1.75. The number of nitrogens with two attached hydrogens (primary N) is 1. The van der Waals surface area contributed by atoms with E-state index in [-0.39, 0.29) is 0 Å². The Morgan fingerprint density at radius 2 is 1.94 bits per heavy atom. The summed E-state index contributed by atoms with van der Waals surface area (Å²) < 4.78 is 2.50. The van der Waals surface area contributed by atoms with Crippen molar-refractivity contribution in [3.63, 3.8) is 0 Å². The molecule has 0 unspecified atom stereocenters. The van der Waals surface area contributed by atoms with Gasteiger partial charge in [-0.1, -0.05) is 30.3 Å². The smallest absolute Gasteiger partial charge is 0.240 e. The van der Waals surface area contributed by atoms with Gasteiger partial charge in [0, 0.05) is 6.54 Å². The molecule has 17 heavy (non-hydrogen) atoms. The molecule has 2 aromatic rings. The van der Waals surface area contributed by atoms with E-state index in [4.69, 9.17) is 5.73 Å². The van der Waals surface area contributed by atoms with Crippen LogP contribution in [0.1, 0.15) is 18.4 Å². The van der Waals surface area contributed by atoms with Crippen molar-refractivity contribution in [3.05, 3.63) is 40.6 Å². The van der Waals surface area contributed by atoms with Crippen molar-refractivity contribution in [3.8, 4) is 0 Å². The maximum atomic E-state index is 5.50. The summed E-state index contributed by atoms with van der Waals surface area (Å²) in [6.07, 6.45) is 3.30. The van der Waals surface area contributed by atoms with Crippen molar-refractivity contribution in [1.29, 1.82) is 0 Å². The number of rotatable bonds is 5. The van der Waals surface area contributed by atoms with Gasteiger partial charge >= 0.3 is 0 Å². The molecule has 0 bridgehead atoms. The number of anilines is 1. The molecular formula is C12H15BrN4. The first-order valence-electron chi connectivity index (χ1n) is 5.65. The molecule has 1 aromatic heterocycles. The summed E-state index contributed by atoms with van der Waals surface area (Å²) >= 11 is 3.32. The lowest BCUT2D eigenvalue weighted by Gasteiger charge is -2.02. The predicted octanol–water partition coefficient (Wildman–Crippen LogP) is 2.65. The highest BCUT2D eigenvalue weighted by Crippen LogP contribution is 2.10. The molecule has 0 aliphatic carbocycles. The Morgan fingerprint density at radius 1 is 1.18 bits per heavy atom. The summed E-state index contributed by atoms with van der Waals surface area (Å²) in [7, 11) is 0. The van der Waals surface area contributed by atoms with Crippen LogP contribution < -0.4 is 5.73 Å². The van der Waals surface area contributed by atoms with Gasteiger partial charge in [-0.05, 0) is 40.8 Å². The molecule has 0 atom stereocenters. The highest BCUT2D eigenvalue weighted by Gasteiger charge is 2.03. The molecular weight excluding hydrogens is 280 g/mol. The highest BCUT2D eigenvalue weighted by molar-refractivity contribution is 9.10. The summed E-state index contributed by atoms with van der Waals surface area (Å²) in [5, 5.41) is 4.09. The molecule has 0 saturated heterocycles. The number of hydrogen-bond acceptors (Lipinski definition) is 3. The first kappa shape index (κ1) is 12.1. The van der Waals surface area contributed by atoms with Crippen LogP contribution in [0.15, 0.2) is 35.1 Å². The second kappa shape index (κ2) is 5.82. The lowest BCUT2D eigenvalue weighted by Crippen LogP contribution is -2.02. The Hall–Kier alpha value is -1.36. The molecule has 90 valence electrons. The van der Waals surface area contributed by atoms with Crippen molar-refractivity contribution in [2.24, 2.45) is 0 Å². The molecule has 2 N–H and O–H groups in total. The van der Waals surface area contributed by atoms with E-state index >= 15 is 0 Å². The average molecular weight is 295 g/mol. The first-order valence-corrected chi connectivity index (χ1v) is 6.45. The maximum absolute atomic E-state index is 5.50. The van der Waals surface area contributed by atoms with E-state index in [9.17, 15) is 0 Å². The molecule has 0 radical (unpaired) electrons. The van der Waals surface area contributed by atoms with Crippen LogP contribution in [0.5, 0.6) is 0 Å². The van der Waals surface area contributed by atoms with Crippen LogP contribution >= 0.6 is 15.9 Å². The zero-order valence-electron chi connectivity index (χ0n) is 9.51. The molecule has 1 heterocycles. The zero-order chi connectivity index (χ0) is 12.1. The fraction of sp³-hybridized carbons (Fsp3) is 0.333. The Labute approximate surface area is 109 Å². The van der Waals surface area contributed by atoms with Crippen LogP contribution in [0.4, 0.5) is 5.95 Å². The monoisotopic (exact) mass is 294 g/mol. The van der Waals surface area contributed by atoms with Crippen LogP contribution in [0, 0.1) is 0 Å². The highest BCUT2D eigenvalue weighted by atomic mass is 79.9. The van der Waals surface area contributed by atoms with Gasteiger partial charge in [0.05, 0.1) is 0 Å². The van der Waals surface area contributed by atoms with Gasteiger partial charge < -0.3 is 5.73 Å². The molecule has 0 saturated carbocycles. The third-order valence-corrected chi connectivity index (χ3v) is 3.16. The number of benzene rings is 1. The van der Waals surface area contributed by atoms with Crippen LogP contribution in [0.25, 0.3) is 0 Å². The minimum Gasteiger partial charge on any atom is -0.366 e. The number of hydrogen-bond donors (Lipinski definition) is 1. The maximum Gasteiger partial charge on any atom is 0.240 e. The topological polar surface area (TPSA) is 56.7 Å². The van der Waals surface area contributed by atoms with Crippen molar-refractivity contribution in [1.82, 2.24) is 14.8 Å². The van der Waals surface area contributed by atoms with E-state index in [1.807, 2.05) is 6.07 Å². The Kier molecular flexibility index (Phi) is 4.14. The fourth-order valence-corrected chi connectivity index (χ4v) is 2.16. The quantitative estimate of drug-likeness (QED) is 0.863. The summed E-state index contributed by atoms with van der Waals surface area (Å²) in [6.45, 7) is 0.845. The van der Waals surface area contributed by atoms with Crippen molar-refractivity contribution in [2.45, 2.75) is 25.8 Å². The van der Waals surface area contributed by atoms with Crippen LogP contribution in [0.2, 0.25) is 0 Å². The largest absolute Gasteiger partial charge is 0.366 e. The summed E-state index contributed by atoms with van der Waals surface area (Å²) in [5.41, 5.74) is 6.88. The van der Waals surface area contributed by atoms with Gasteiger partial charge in [0.15, 0.2) is 4.73 Å². The van der Waals surface area contributed by atoms with Crippen molar-refractivity contribution >= 4 is 21.9 Å². The molecule has 5 heteroatoms. The molecule has 0 fully saturated rings. The summed E-state index contributed by atoms with van der Waals surface area (Å²) in [6, 6.07) is 10.5. The number of halogens is 1. The minimum atomic E-state index is 0.319.